The molecule has 0 saturated heterocycles. The number of carbonyl (C=O) groups is 1. The van der Waals surface area contributed by atoms with Crippen molar-refractivity contribution in [3.8, 4) is 0 Å². The second-order valence-corrected chi connectivity index (χ2v) is 2.69. The summed E-state index contributed by atoms with van der Waals surface area (Å²) in [5.74, 6) is -0.971. The van der Waals surface area contributed by atoms with Crippen LogP contribution >= 0.6 is 12.2 Å². The number of carboxylic acid groups (broad SMARTS) is 1. The Morgan fingerprint density at radius 1 is 1.62 bits per heavy atom. The number of benzene rings is 1. The van der Waals surface area contributed by atoms with Crippen molar-refractivity contribution in [3.05, 3.63) is 29.3 Å². The van der Waals surface area contributed by atoms with E-state index in [2.05, 4.69) is 22.4 Å². The maximum Gasteiger partial charge on any atom is 0.335 e. The lowest BCUT2D eigenvalue weighted by Crippen LogP contribution is -1.95. The van der Waals surface area contributed by atoms with E-state index in [-0.39, 0.29) is 5.56 Å². The summed E-state index contributed by atoms with van der Waals surface area (Å²) in [6.07, 6.45) is 0. The van der Waals surface area contributed by atoms with Gasteiger partial charge in [-0.15, -0.1) is 0 Å². The Balaban J connectivity index is 3.26. The van der Waals surface area contributed by atoms with E-state index in [0.29, 0.717) is 5.69 Å². The van der Waals surface area contributed by atoms with Crippen LogP contribution in [0.1, 0.15) is 15.9 Å². The molecule has 0 atom stereocenters. The van der Waals surface area contributed by atoms with Crippen LogP contribution in [-0.2, 0) is 0 Å². The average Bonchev–Trinajstić information content (AvgIpc) is 2.08. The molecule has 0 heterocycles. The fourth-order valence-corrected chi connectivity index (χ4v) is 1.01. The third kappa shape index (κ3) is 2.21. The number of aryl methyl sites for hydroxylation is 1. The lowest BCUT2D eigenvalue weighted by atomic mass is 10.1. The zero-order valence-corrected chi connectivity index (χ0v) is 7.76. The first-order valence-electron chi connectivity index (χ1n) is 3.57. The van der Waals surface area contributed by atoms with E-state index in [0.717, 1.165) is 5.56 Å². The molecule has 13 heavy (non-hydrogen) atoms. The molecule has 1 N–H and O–H groups in total. The molecule has 0 fully saturated rings. The molecule has 1 aromatic rings. The van der Waals surface area contributed by atoms with Gasteiger partial charge in [0.15, 0.2) is 0 Å². The van der Waals surface area contributed by atoms with Crippen molar-refractivity contribution in [3.63, 3.8) is 0 Å². The van der Waals surface area contributed by atoms with Crippen molar-refractivity contribution in [1.29, 1.82) is 0 Å². The van der Waals surface area contributed by atoms with Gasteiger partial charge in [-0.3, -0.25) is 0 Å². The summed E-state index contributed by atoms with van der Waals surface area (Å²) in [6, 6.07) is 4.69. The van der Waals surface area contributed by atoms with Crippen LogP contribution in [0.3, 0.4) is 0 Å². The number of isothiocyanates is 1. The van der Waals surface area contributed by atoms with Crippen LogP contribution in [-0.4, -0.2) is 16.2 Å². The van der Waals surface area contributed by atoms with Gasteiger partial charge < -0.3 is 5.11 Å². The Hall–Kier alpha value is -1.51. The number of rotatable bonds is 2. The standard InChI is InChI=1S/C9H7NO2S/c1-6-2-3-7(9(11)12)4-8(6)10-5-13/h2-4H,1H3,(H,11,12). The van der Waals surface area contributed by atoms with Gasteiger partial charge in [-0.2, -0.15) is 4.99 Å². The summed E-state index contributed by atoms with van der Waals surface area (Å²) >= 11 is 4.44. The van der Waals surface area contributed by atoms with E-state index < -0.39 is 5.97 Å². The largest absolute Gasteiger partial charge is 0.478 e. The van der Waals surface area contributed by atoms with Gasteiger partial charge in [-0.25, -0.2) is 4.79 Å². The number of carboxylic acids is 1. The summed E-state index contributed by atoms with van der Waals surface area (Å²) in [6.45, 7) is 1.83. The summed E-state index contributed by atoms with van der Waals surface area (Å²) < 4.78 is 0. The zero-order valence-electron chi connectivity index (χ0n) is 6.94. The minimum absolute atomic E-state index is 0.203. The van der Waals surface area contributed by atoms with Crippen molar-refractivity contribution < 1.29 is 9.90 Å². The van der Waals surface area contributed by atoms with E-state index in [9.17, 15) is 4.79 Å². The molecule has 0 aliphatic carbocycles. The topological polar surface area (TPSA) is 49.7 Å². The van der Waals surface area contributed by atoms with Gasteiger partial charge in [-0.05, 0) is 36.8 Å². The number of nitrogens with zero attached hydrogens (tertiary/aromatic N) is 1. The zero-order chi connectivity index (χ0) is 9.84. The SMILES string of the molecule is Cc1ccc(C(=O)O)cc1N=C=S. The maximum absolute atomic E-state index is 10.6. The quantitative estimate of drug-likeness (QED) is 0.579. The van der Waals surface area contributed by atoms with Gasteiger partial charge in [0.2, 0.25) is 0 Å². The molecule has 0 bridgehead atoms. The smallest absolute Gasteiger partial charge is 0.335 e. The number of aromatic carboxylic acids is 1. The second-order valence-electron chi connectivity index (χ2n) is 2.51. The normalized spacial score (nSPS) is 9.00. The van der Waals surface area contributed by atoms with Gasteiger partial charge >= 0.3 is 5.97 Å². The Morgan fingerprint density at radius 3 is 2.85 bits per heavy atom. The molecule has 0 amide bonds. The molecule has 1 aromatic carbocycles. The van der Waals surface area contributed by atoms with E-state index >= 15 is 0 Å². The average molecular weight is 193 g/mol. The predicted octanol–water partition coefficient (Wildman–Crippen LogP) is 2.43. The summed E-state index contributed by atoms with van der Waals surface area (Å²) in [7, 11) is 0. The van der Waals surface area contributed by atoms with Crippen molar-refractivity contribution in [2.24, 2.45) is 4.99 Å². The first-order chi connectivity index (χ1) is 6.15. The fourth-order valence-electron chi connectivity index (χ4n) is 0.912. The van der Waals surface area contributed by atoms with Crippen LogP contribution in [0.15, 0.2) is 23.2 Å². The van der Waals surface area contributed by atoms with Gasteiger partial charge in [0.25, 0.3) is 0 Å². The molecular formula is C9H7NO2S. The lowest BCUT2D eigenvalue weighted by molar-refractivity contribution is 0.0697. The van der Waals surface area contributed by atoms with Crippen molar-refractivity contribution in [1.82, 2.24) is 0 Å². The van der Waals surface area contributed by atoms with Crippen LogP contribution < -0.4 is 0 Å². The van der Waals surface area contributed by atoms with Crippen LogP contribution in [0, 0.1) is 6.92 Å². The highest BCUT2D eigenvalue weighted by molar-refractivity contribution is 7.78. The first kappa shape index (κ1) is 9.58. The Bertz CT molecular complexity index is 395. The van der Waals surface area contributed by atoms with E-state index in [4.69, 9.17) is 5.11 Å². The first-order valence-corrected chi connectivity index (χ1v) is 3.98. The maximum atomic E-state index is 10.6. The van der Waals surface area contributed by atoms with Crippen molar-refractivity contribution >= 4 is 29.0 Å². The third-order valence-corrected chi connectivity index (χ3v) is 1.71. The molecule has 1 rings (SSSR count). The number of thiocarbonyl (C=S) groups is 1. The summed E-state index contributed by atoms with van der Waals surface area (Å²) in [4.78, 5) is 14.3. The van der Waals surface area contributed by atoms with Crippen LogP contribution in [0.2, 0.25) is 0 Å². The predicted molar refractivity (Wildman–Crippen MR) is 52.8 cm³/mol. The monoisotopic (exact) mass is 193 g/mol. The second kappa shape index (κ2) is 3.94. The highest BCUT2D eigenvalue weighted by Crippen LogP contribution is 2.19. The van der Waals surface area contributed by atoms with E-state index in [1.54, 1.807) is 6.07 Å². The van der Waals surface area contributed by atoms with Crippen LogP contribution in [0.4, 0.5) is 5.69 Å². The van der Waals surface area contributed by atoms with Gasteiger partial charge in [-0.1, -0.05) is 6.07 Å². The molecule has 0 aromatic heterocycles. The molecular weight excluding hydrogens is 186 g/mol. The molecule has 66 valence electrons. The molecule has 0 radical (unpaired) electrons. The molecule has 4 heteroatoms. The minimum atomic E-state index is -0.971. The highest BCUT2D eigenvalue weighted by atomic mass is 32.1. The van der Waals surface area contributed by atoms with E-state index in [1.165, 1.54) is 12.1 Å². The lowest BCUT2D eigenvalue weighted by Gasteiger charge is -1.99. The number of hydrogen-bond donors (Lipinski definition) is 1. The molecule has 0 aliphatic heterocycles. The van der Waals surface area contributed by atoms with E-state index in [1.807, 2.05) is 6.92 Å². The number of hydrogen-bond acceptors (Lipinski definition) is 3. The van der Waals surface area contributed by atoms with Gasteiger partial charge in [0.1, 0.15) is 0 Å². The minimum Gasteiger partial charge on any atom is -0.478 e. The van der Waals surface area contributed by atoms with Gasteiger partial charge in [0.05, 0.1) is 16.4 Å². The Morgan fingerprint density at radius 2 is 2.31 bits per heavy atom. The Labute approximate surface area is 80.7 Å². The molecule has 3 nitrogen and oxygen atoms in total. The summed E-state index contributed by atoms with van der Waals surface area (Å²) in [5.41, 5.74) is 1.63. The summed E-state index contributed by atoms with van der Waals surface area (Å²) in [5, 5.41) is 10.9. The van der Waals surface area contributed by atoms with Crippen LogP contribution in [0.25, 0.3) is 0 Å². The van der Waals surface area contributed by atoms with Gasteiger partial charge in [0, 0.05) is 0 Å². The highest BCUT2D eigenvalue weighted by Gasteiger charge is 2.04. The van der Waals surface area contributed by atoms with Crippen molar-refractivity contribution in [2.45, 2.75) is 6.92 Å². The molecule has 0 unspecified atom stereocenters. The molecule has 0 spiro atoms. The fraction of sp³-hybridized carbons (Fsp3) is 0.111. The van der Waals surface area contributed by atoms with Crippen LogP contribution in [0.5, 0.6) is 0 Å². The van der Waals surface area contributed by atoms with Crippen molar-refractivity contribution in [2.75, 3.05) is 0 Å². The molecule has 0 aliphatic rings. The third-order valence-electron chi connectivity index (χ3n) is 1.62. The Kier molecular flexibility index (Phi) is 2.90. The number of aliphatic imine (C=N–C) groups is 1. The molecule has 0 saturated carbocycles.